The van der Waals surface area contributed by atoms with Crippen molar-refractivity contribution in [3.05, 3.63) is 82.2 Å². The van der Waals surface area contributed by atoms with Crippen molar-refractivity contribution in [1.82, 2.24) is 0 Å². The number of nitriles is 1. The summed E-state index contributed by atoms with van der Waals surface area (Å²) in [6.07, 6.45) is 6.87. The van der Waals surface area contributed by atoms with Crippen LogP contribution in [0.5, 0.6) is 11.5 Å². The van der Waals surface area contributed by atoms with E-state index in [0.29, 0.717) is 35.5 Å². The van der Waals surface area contributed by atoms with Crippen LogP contribution in [0.25, 0.3) is 11.0 Å². The third kappa shape index (κ3) is 4.60. The largest absolute Gasteiger partial charge is 0.490 e. The predicted molar refractivity (Wildman–Crippen MR) is 108 cm³/mol. The molecule has 3 aromatic rings. The summed E-state index contributed by atoms with van der Waals surface area (Å²) in [5, 5.41) is 9.36. The topological polar surface area (TPSA) is 72.5 Å². The first-order valence-electron chi connectivity index (χ1n) is 9.17. The minimum Gasteiger partial charge on any atom is -0.490 e. The van der Waals surface area contributed by atoms with Crippen LogP contribution < -0.4 is 14.9 Å². The fourth-order valence-corrected chi connectivity index (χ4v) is 2.86. The summed E-state index contributed by atoms with van der Waals surface area (Å²) in [6.45, 7) is 2.86. The normalized spacial score (nSPS) is 10.9. The highest BCUT2D eigenvalue weighted by atomic mass is 16.5. The molecule has 0 unspecified atom stereocenters. The van der Waals surface area contributed by atoms with Crippen LogP contribution in [0.4, 0.5) is 0 Å². The SMILES string of the molecule is CCCc1c(OC/C=C/COc2ccc(C#N)cc2)ccc2c(=O)ccoc12. The monoisotopic (exact) mass is 375 g/mol. The van der Waals surface area contributed by atoms with Gasteiger partial charge in [0.15, 0.2) is 5.43 Å². The molecule has 5 heteroatoms. The summed E-state index contributed by atoms with van der Waals surface area (Å²) in [7, 11) is 0. The fourth-order valence-electron chi connectivity index (χ4n) is 2.86. The van der Waals surface area contributed by atoms with Gasteiger partial charge in [0, 0.05) is 11.6 Å². The molecule has 3 rings (SSSR count). The van der Waals surface area contributed by atoms with Gasteiger partial charge in [-0.25, -0.2) is 0 Å². The highest BCUT2D eigenvalue weighted by Crippen LogP contribution is 2.28. The number of rotatable bonds is 8. The first kappa shape index (κ1) is 19.2. The lowest BCUT2D eigenvalue weighted by Crippen LogP contribution is -2.03. The number of benzene rings is 2. The van der Waals surface area contributed by atoms with Gasteiger partial charge < -0.3 is 13.9 Å². The zero-order valence-electron chi connectivity index (χ0n) is 15.7. The van der Waals surface area contributed by atoms with Crippen LogP contribution in [0.3, 0.4) is 0 Å². The second-order valence-corrected chi connectivity index (χ2v) is 6.18. The van der Waals surface area contributed by atoms with Gasteiger partial charge in [0.25, 0.3) is 0 Å². The maximum atomic E-state index is 12.0. The molecular weight excluding hydrogens is 354 g/mol. The quantitative estimate of drug-likeness (QED) is 0.537. The molecule has 28 heavy (non-hydrogen) atoms. The lowest BCUT2D eigenvalue weighted by atomic mass is 10.1. The third-order valence-corrected chi connectivity index (χ3v) is 4.22. The van der Waals surface area contributed by atoms with Crippen LogP contribution in [0, 0.1) is 11.3 Å². The van der Waals surface area contributed by atoms with Gasteiger partial charge in [-0.1, -0.05) is 13.3 Å². The summed E-state index contributed by atoms with van der Waals surface area (Å²) in [4.78, 5) is 12.0. The van der Waals surface area contributed by atoms with E-state index in [9.17, 15) is 4.79 Å². The van der Waals surface area contributed by atoms with Crippen molar-refractivity contribution in [3.8, 4) is 17.6 Å². The molecule has 0 amide bonds. The highest BCUT2D eigenvalue weighted by molar-refractivity contribution is 5.82. The first-order chi connectivity index (χ1) is 13.7. The Morgan fingerprint density at radius 2 is 1.79 bits per heavy atom. The zero-order valence-corrected chi connectivity index (χ0v) is 15.7. The van der Waals surface area contributed by atoms with Crippen LogP contribution in [0.2, 0.25) is 0 Å². The van der Waals surface area contributed by atoms with Gasteiger partial charge >= 0.3 is 0 Å². The summed E-state index contributed by atoms with van der Waals surface area (Å²) >= 11 is 0. The van der Waals surface area contributed by atoms with Crippen LogP contribution in [-0.4, -0.2) is 13.2 Å². The molecule has 1 heterocycles. The average Bonchev–Trinajstić information content (AvgIpc) is 2.72. The Kier molecular flexibility index (Phi) is 6.48. The van der Waals surface area contributed by atoms with Crippen LogP contribution in [0.15, 0.2) is 70.1 Å². The van der Waals surface area contributed by atoms with Crippen molar-refractivity contribution < 1.29 is 13.9 Å². The van der Waals surface area contributed by atoms with Gasteiger partial charge in [0.05, 0.1) is 23.3 Å². The second-order valence-electron chi connectivity index (χ2n) is 6.18. The van der Waals surface area contributed by atoms with Crippen molar-refractivity contribution in [2.24, 2.45) is 0 Å². The Bertz CT molecular complexity index is 1060. The van der Waals surface area contributed by atoms with E-state index in [1.54, 1.807) is 30.3 Å². The molecule has 0 aliphatic heterocycles. The Morgan fingerprint density at radius 1 is 1.04 bits per heavy atom. The molecule has 142 valence electrons. The van der Waals surface area contributed by atoms with Crippen molar-refractivity contribution in [1.29, 1.82) is 5.26 Å². The van der Waals surface area contributed by atoms with E-state index in [1.165, 1.54) is 12.3 Å². The van der Waals surface area contributed by atoms with Gasteiger partial charge in [-0.2, -0.15) is 5.26 Å². The molecule has 2 aromatic carbocycles. The van der Waals surface area contributed by atoms with E-state index < -0.39 is 0 Å². The summed E-state index contributed by atoms with van der Waals surface area (Å²) < 4.78 is 17.1. The van der Waals surface area contributed by atoms with E-state index >= 15 is 0 Å². The van der Waals surface area contributed by atoms with Crippen molar-refractivity contribution in [2.45, 2.75) is 19.8 Å². The van der Waals surface area contributed by atoms with Crippen molar-refractivity contribution in [3.63, 3.8) is 0 Å². The van der Waals surface area contributed by atoms with Gasteiger partial charge in [-0.15, -0.1) is 0 Å². The molecule has 0 aliphatic carbocycles. The third-order valence-electron chi connectivity index (χ3n) is 4.22. The minimum atomic E-state index is -0.0509. The molecular formula is C23H21NO4. The van der Waals surface area contributed by atoms with E-state index in [0.717, 1.165) is 24.2 Å². The minimum absolute atomic E-state index is 0.0509. The van der Waals surface area contributed by atoms with Gasteiger partial charge in [-0.05, 0) is 55.0 Å². The lowest BCUT2D eigenvalue weighted by molar-refractivity contribution is 0.348. The Morgan fingerprint density at radius 3 is 2.50 bits per heavy atom. The maximum absolute atomic E-state index is 12.0. The van der Waals surface area contributed by atoms with Gasteiger partial charge in [-0.3, -0.25) is 4.79 Å². The lowest BCUT2D eigenvalue weighted by Gasteiger charge is -2.11. The average molecular weight is 375 g/mol. The summed E-state index contributed by atoms with van der Waals surface area (Å²) in [6, 6.07) is 14.0. The fraction of sp³-hybridized carbons (Fsp3) is 0.217. The highest BCUT2D eigenvalue weighted by Gasteiger charge is 2.11. The number of aryl methyl sites for hydroxylation is 1. The predicted octanol–water partition coefficient (Wildman–Crippen LogP) is 4.63. The number of fused-ring (bicyclic) bond motifs is 1. The Hall–Kier alpha value is -3.52. The molecule has 0 bridgehead atoms. The van der Waals surface area contributed by atoms with Crippen LogP contribution >= 0.6 is 0 Å². The molecule has 0 saturated carbocycles. The molecule has 0 radical (unpaired) electrons. The summed E-state index contributed by atoms with van der Waals surface area (Å²) in [5.41, 5.74) is 2.07. The van der Waals surface area contributed by atoms with E-state index in [2.05, 4.69) is 13.0 Å². The molecule has 0 N–H and O–H groups in total. The molecule has 0 fully saturated rings. The second kappa shape index (κ2) is 9.43. The van der Waals surface area contributed by atoms with Crippen LogP contribution in [-0.2, 0) is 6.42 Å². The van der Waals surface area contributed by atoms with Gasteiger partial charge in [0.2, 0.25) is 0 Å². The van der Waals surface area contributed by atoms with E-state index in [4.69, 9.17) is 19.2 Å². The first-order valence-corrected chi connectivity index (χ1v) is 9.17. The van der Waals surface area contributed by atoms with E-state index in [1.807, 2.05) is 18.2 Å². The Labute approximate surface area is 163 Å². The molecule has 0 saturated heterocycles. The molecule has 0 atom stereocenters. The number of nitrogens with zero attached hydrogens (tertiary/aromatic N) is 1. The maximum Gasteiger partial charge on any atom is 0.192 e. The Balaban J connectivity index is 1.60. The van der Waals surface area contributed by atoms with Crippen molar-refractivity contribution >= 4 is 11.0 Å². The van der Waals surface area contributed by atoms with Crippen molar-refractivity contribution in [2.75, 3.05) is 13.2 Å². The molecule has 5 nitrogen and oxygen atoms in total. The smallest absolute Gasteiger partial charge is 0.192 e. The van der Waals surface area contributed by atoms with Gasteiger partial charge in [0.1, 0.15) is 30.3 Å². The zero-order chi connectivity index (χ0) is 19.8. The molecule has 0 aliphatic rings. The number of hydrogen-bond donors (Lipinski definition) is 0. The molecule has 0 spiro atoms. The number of hydrogen-bond acceptors (Lipinski definition) is 5. The standard InChI is InChI=1S/C23H21NO4/c1-2-5-20-22(11-10-19-21(25)12-15-28-23(19)20)27-14-4-3-13-26-18-8-6-17(16-24)7-9-18/h3-4,6-12,15H,2,5,13-14H2,1H3/b4-3+. The van der Waals surface area contributed by atoms with E-state index in [-0.39, 0.29) is 5.43 Å². The van der Waals surface area contributed by atoms with Crippen LogP contribution in [0.1, 0.15) is 24.5 Å². The number of ether oxygens (including phenoxy) is 2. The summed E-state index contributed by atoms with van der Waals surface area (Å²) in [5.74, 6) is 1.43. The molecule has 1 aromatic heterocycles.